The number of nitrogens with one attached hydrogen (secondary N) is 1. The van der Waals surface area contributed by atoms with Crippen LogP contribution in [-0.4, -0.2) is 62.8 Å². The molecule has 3 aromatic heterocycles. The first-order valence-electron chi connectivity index (χ1n) is 13.3. The van der Waals surface area contributed by atoms with Gasteiger partial charge in [-0.05, 0) is 52.5 Å². The Kier molecular flexibility index (Phi) is 10.8. The Bertz CT molecular complexity index is 1260. The molecule has 3 atom stereocenters. The van der Waals surface area contributed by atoms with Crippen LogP contribution >= 0.6 is 0 Å². The maximum atomic E-state index is 13.4. The van der Waals surface area contributed by atoms with Gasteiger partial charge in [0.05, 0.1) is 43.5 Å². The molecule has 2 amide bonds. The monoisotopic (exact) mass is 538 g/mol. The van der Waals surface area contributed by atoms with E-state index < -0.39 is 6.17 Å². The van der Waals surface area contributed by atoms with Crippen molar-refractivity contribution in [1.82, 2.24) is 29.6 Å². The Morgan fingerprint density at radius 1 is 1.26 bits per heavy atom. The molecule has 210 valence electrons. The molecule has 0 aliphatic rings. The summed E-state index contributed by atoms with van der Waals surface area (Å²) in [5.41, 5.74) is 2.59. The van der Waals surface area contributed by atoms with Crippen LogP contribution in [0.1, 0.15) is 58.2 Å². The van der Waals surface area contributed by atoms with Gasteiger partial charge in [-0.1, -0.05) is 12.2 Å². The number of alkyl halides is 1. The number of imidazole rings is 1. The predicted molar refractivity (Wildman–Crippen MR) is 151 cm³/mol. The van der Waals surface area contributed by atoms with E-state index in [-0.39, 0.29) is 18.1 Å². The van der Waals surface area contributed by atoms with Crippen molar-refractivity contribution in [2.24, 2.45) is 0 Å². The smallest absolute Gasteiger partial charge is 0.318 e. The minimum atomic E-state index is -0.930. The number of pyridine rings is 1. The van der Waals surface area contributed by atoms with Crippen molar-refractivity contribution in [2.75, 3.05) is 20.3 Å². The summed E-state index contributed by atoms with van der Waals surface area (Å²) in [4.78, 5) is 28.7. The van der Waals surface area contributed by atoms with Crippen molar-refractivity contribution >= 4 is 11.7 Å². The summed E-state index contributed by atoms with van der Waals surface area (Å²) >= 11 is 0. The van der Waals surface area contributed by atoms with Gasteiger partial charge in [0.2, 0.25) is 5.65 Å². The zero-order chi connectivity index (χ0) is 28.4. The molecule has 3 heterocycles. The molecule has 0 saturated carbocycles. The topological polar surface area (TPSA) is 93.9 Å². The third-order valence-electron chi connectivity index (χ3n) is 6.48. The highest BCUT2D eigenvalue weighted by atomic mass is 19.1. The van der Waals surface area contributed by atoms with E-state index in [9.17, 15) is 9.18 Å². The summed E-state index contributed by atoms with van der Waals surface area (Å²) in [5, 5.41) is 3.04. The van der Waals surface area contributed by atoms with Crippen LogP contribution in [0.3, 0.4) is 0 Å². The maximum Gasteiger partial charge on any atom is 0.318 e. The number of urea groups is 1. The first-order chi connectivity index (χ1) is 18.8. The molecule has 3 rings (SSSR count). The fourth-order valence-corrected chi connectivity index (χ4v) is 4.31. The van der Waals surface area contributed by atoms with E-state index in [0.29, 0.717) is 73.1 Å². The minimum absolute atomic E-state index is 0.195. The number of ether oxygens (including phenoxy) is 2. The van der Waals surface area contributed by atoms with Crippen molar-refractivity contribution < 1.29 is 18.7 Å². The number of aromatic nitrogens is 4. The van der Waals surface area contributed by atoms with E-state index >= 15 is 0 Å². The number of hydrogen-bond acceptors (Lipinski definition) is 6. The molecule has 0 spiro atoms. The molecule has 0 radical (unpaired) electrons. The summed E-state index contributed by atoms with van der Waals surface area (Å²) in [6.45, 7) is 13.7. The van der Waals surface area contributed by atoms with Crippen LogP contribution in [0.4, 0.5) is 9.18 Å². The molecule has 10 heteroatoms. The molecular weight excluding hydrogens is 499 g/mol. The third-order valence-corrected chi connectivity index (χ3v) is 6.48. The first kappa shape index (κ1) is 29.6. The zero-order valence-electron chi connectivity index (χ0n) is 23.3. The summed E-state index contributed by atoms with van der Waals surface area (Å²) in [7, 11) is 1.57. The summed E-state index contributed by atoms with van der Waals surface area (Å²) < 4.78 is 26.8. The zero-order valence-corrected chi connectivity index (χ0v) is 23.3. The Morgan fingerprint density at radius 2 is 2.05 bits per heavy atom. The summed E-state index contributed by atoms with van der Waals surface area (Å²) in [5.74, 6) is 0.937. The SMILES string of the molecule is C=CCCOc1nc(-c2cc([C@@H](C)N(CC)C(=O)NC(CC=C)CCC(C)F)ncc2OC)cn2ccnc12. The fourth-order valence-electron chi connectivity index (χ4n) is 4.31. The van der Waals surface area contributed by atoms with Gasteiger partial charge < -0.3 is 24.1 Å². The lowest BCUT2D eigenvalue weighted by Crippen LogP contribution is -2.46. The van der Waals surface area contributed by atoms with Gasteiger partial charge in [-0.25, -0.2) is 19.2 Å². The standard InChI is InChI=1S/C29H39FN6O3/c1-7-10-16-39-28-27-31-14-15-35(27)19-25(34-28)23-17-24(32-18-26(23)38-6)21(5)36(9-3)29(37)33-22(11-8-2)13-12-20(4)30/h7-8,14-15,17-22H,1-2,9-13,16H2,3-6H3,(H,33,37)/t20?,21-,22?/m1/s1. The van der Waals surface area contributed by atoms with Crippen LogP contribution < -0.4 is 14.8 Å². The molecule has 0 fully saturated rings. The number of halogens is 1. The number of methoxy groups -OCH3 is 1. The third kappa shape index (κ3) is 7.55. The molecule has 39 heavy (non-hydrogen) atoms. The van der Waals surface area contributed by atoms with Crippen LogP contribution in [-0.2, 0) is 0 Å². The Hall–Kier alpha value is -3.95. The number of carbonyl (C=O) groups is 1. The highest BCUT2D eigenvalue weighted by molar-refractivity contribution is 5.75. The van der Waals surface area contributed by atoms with Crippen LogP contribution in [0.15, 0.2) is 56.2 Å². The molecule has 0 aliphatic heterocycles. The highest BCUT2D eigenvalue weighted by Crippen LogP contribution is 2.33. The van der Waals surface area contributed by atoms with Gasteiger partial charge in [-0.15, -0.1) is 13.2 Å². The predicted octanol–water partition coefficient (Wildman–Crippen LogP) is 5.93. The number of fused-ring (bicyclic) bond motifs is 1. The number of rotatable bonds is 15. The lowest BCUT2D eigenvalue weighted by molar-refractivity contribution is 0.176. The lowest BCUT2D eigenvalue weighted by Gasteiger charge is -2.30. The van der Waals surface area contributed by atoms with E-state index in [1.165, 1.54) is 6.92 Å². The Balaban J connectivity index is 1.91. The van der Waals surface area contributed by atoms with E-state index in [2.05, 4.69) is 28.4 Å². The number of hydrogen-bond donors (Lipinski definition) is 1. The van der Waals surface area contributed by atoms with Crippen molar-refractivity contribution in [1.29, 1.82) is 0 Å². The van der Waals surface area contributed by atoms with Crippen molar-refractivity contribution in [3.05, 3.63) is 61.9 Å². The second-order valence-corrected chi connectivity index (χ2v) is 9.32. The second-order valence-electron chi connectivity index (χ2n) is 9.32. The van der Waals surface area contributed by atoms with Crippen molar-refractivity contribution in [3.8, 4) is 22.9 Å². The number of nitrogens with zero attached hydrogens (tertiary/aromatic N) is 5. The van der Waals surface area contributed by atoms with Gasteiger partial charge in [-0.3, -0.25) is 4.98 Å². The molecule has 0 aliphatic carbocycles. The van der Waals surface area contributed by atoms with Crippen LogP contribution in [0, 0.1) is 0 Å². The average Bonchev–Trinajstić information content (AvgIpc) is 3.41. The molecular formula is C29H39FN6O3. The Labute approximate surface area is 229 Å². The number of amides is 2. The van der Waals surface area contributed by atoms with Crippen LogP contribution in [0.5, 0.6) is 11.6 Å². The van der Waals surface area contributed by atoms with E-state index in [4.69, 9.17) is 14.5 Å². The van der Waals surface area contributed by atoms with Gasteiger partial charge in [0.15, 0.2) is 0 Å². The van der Waals surface area contributed by atoms with Crippen LogP contribution in [0.25, 0.3) is 16.9 Å². The van der Waals surface area contributed by atoms with Gasteiger partial charge >= 0.3 is 6.03 Å². The molecule has 2 unspecified atom stereocenters. The average molecular weight is 539 g/mol. The van der Waals surface area contributed by atoms with Crippen molar-refractivity contribution in [3.63, 3.8) is 0 Å². The van der Waals surface area contributed by atoms with Gasteiger partial charge in [-0.2, -0.15) is 0 Å². The second kappa shape index (κ2) is 14.3. The quantitative estimate of drug-likeness (QED) is 0.190. The molecule has 1 N–H and O–H groups in total. The fraction of sp³-hybridized carbons (Fsp3) is 0.448. The minimum Gasteiger partial charge on any atom is -0.494 e. The van der Waals surface area contributed by atoms with Gasteiger partial charge in [0.25, 0.3) is 5.88 Å². The summed E-state index contributed by atoms with van der Waals surface area (Å²) in [6.07, 6.45) is 11.7. The van der Waals surface area contributed by atoms with E-state index in [1.807, 2.05) is 36.7 Å². The van der Waals surface area contributed by atoms with Crippen molar-refractivity contribution in [2.45, 2.75) is 64.7 Å². The normalized spacial score (nSPS) is 13.4. The largest absolute Gasteiger partial charge is 0.494 e. The molecule has 0 bridgehead atoms. The lowest BCUT2D eigenvalue weighted by atomic mass is 10.1. The van der Waals surface area contributed by atoms with Gasteiger partial charge in [0, 0.05) is 36.7 Å². The van der Waals surface area contributed by atoms with Crippen LogP contribution in [0.2, 0.25) is 0 Å². The Morgan fingerprint density at radius 3 is 2.72 bits per heavy atom. The molecule has 0 aromatic carbocycles. The van der Waals surface area contributed by atoms with E-state index in [0.717, 1.165) is 0 Å². The van der Waals surface area contributed by atoms with E-state index in [1.54, 1.807) is 36.6 Å². The maximum absolute atomic E-state index is 13.4. The molecule has 3 aromatic rings. The summed E-state index contributed by atoms with van der Waals surface area (Å²) in [6, 6.07) is 1.09. The first-order valence-corrected chi connectivity index (χ1v) is 13.3. The van der Waals surface area contributed by atoms with Gasteiger partial charge in [0.1, 0.15) is 5.75 Å². The molecule has 9 nitrogen and oxygen atoms in total. The number of carbonyl (C=O) groups excluding carboxylic acids is 1. The molecule has 0 saturated heterocycles. The highest BCUT2D eigenvalue weighted by Gasteiger charge is 2.25.